The van der Waals surface area contributed by atoms with Gasteiger partial charge in [0.05, 0.1) is 13.2 Å². The molecule has 1 atom stereocenters. The van der Waals surface area contributed by atoms with E-state index < -0.39 is 10.0 Å². The third-order valence-corrected chi connectivity index (χ3v) is 6.00. The van der Waals surface area contributed by atoms with E-state index >= 15 is 0 Å². The predicted molar refractivity (Wildman–Crippen MR) is 79.0 cm³/mol. The maximum atomic E-state index is 13.0. The molecule has 2 aromatic heterocycles. The Kier molecular flexibility index (Phi) is 3.92. The van der Waals surface area contributed by atoms with E-state index in [-0.39, 0.29) is 16.2 Å². The minimum Gasteiger partial charge on any atom is -0.378 e. The normalized spacial score (nSPS) is 21.0. The zero-order valence-corrected chi connectivity index (χ0v) is 13.1. The SMILES string of the molecule is CC[C@@H]1COCCN1S(=O)(=O)c1c(Cl)nc2ccccn12. The monoisotopic (exact) mass is 329 g/mol. The third kappa shape index (κ3) is 2.44. The molecule has 6 nitrogen and oxygen atoms in total. The van der Waals surface area contributed by atoms with Gasteiger partial charge in [0.1, 0.15) is 5.65 Å². The first-order valence-electron chi connectivity index (χ1n) is 6.78. The molecule has 1 saturated heterocycles. The van der Waals surface area contributed by atoms with Gasteiger partial charge >= 0.3 is 0 Å². The molecule has 1 fully saturated rings. The molecule has 0 N–H and O–H groups in total. The standard InChI is InChI=1S/C13H16ClN3O3S/c1-2-10-9-20-8-7-17(10)21(18,19)13-12(14)15-11-5-3-4-6-16(11)13/h3-6,10H,2,7-9H2,1H3/t10-/m1/s1. The Morgan fingerprint density at radius 1 is 1.48 bits per heavy atom. The first-order valence-corrected chi connectivity index (χ1v) is 8.59. The minimum absolute atomic E-state index is 0.00236. The van der Waals surface area contributed by atoms with Gasteiger partial charge in [-0.2, -0.15) is 4.31 Å². The molecule has 0 spiro atoms. The molecule has 0 saturated carbocycles. The highest BCUT2D eigenvalue weighted by atomic mass is 35.5. The van der Waals surface area contributed by atoms with Gasteiger partial charge in [0, 0.05) is 18.8 Å². The van der Waals surface area contributed by atoms with E-state index in [1.807, 2.05) is 6.92 Å². The van der Waals surface area contributed by atoms with Crippen LogP contribution in [0.5, 0.6) is 0 Å². The number of ether oxygens (including phenoxy) is 1. The second kappa shape index (κ2) is 5.57. The lowest BCUT2D eigenvalue weighted by molar-refractivity contribution is 0.0313. The summed E-state index contributed by atoms with van der Waals surface area (Å²) in [4.78, 5) is 4.12. The van der Waals surface area contributed by atoms with Crippen LogP contribution in [0.2, 0.25) is 5.15 Å². The van der Waals surface area contributed by atoms with Crippen molar-refractivity contribution < 1.29 is 13.2 Å². The molecule has 1 aliphatic rings. The summed E-state index contributed by atoms with van der Waals surface area (Å²) in [7, 11) is -3.72. The molecule has 21 heavy (non-hydrogen) atoms. The number of aromatic nitrogens is 2. The topological polar surface area (TPSA) is 63.9 Å². The van der Waals surface area contributed by atoms with E-state index in [1.54, 1.807) is 24.4 Å². The van der Waals surface area contributed by atoms with Gasteiger partial charge in [0.2, 0.25) is 0 Å². The van der Waals surface area contributed by atoms with Crippen LogP contribution in [0.1, 0.15) is 13.3 Å². The summed E-state index contributed by atoms with van der Waals surface area (Å²) < 4.78 is 34.3. The van der Waals surface area contributed by atoms with E-state index in [2.05, 4.69) is 4.98 Å². The summed E-state index contributed by atoms with van der Waals surface area (Å²) >= 11 is 6.09. The van der Waals surface area contributed by atoms with Gasteiger partial charge in [-0.1, -0.05) is 24.6 Å². The number of imidazole rings is 1. The molecule has 0 unspecified atom stereocenters. The van der Waals surface area contributed by atoms with Crippen LogP contribution in [0.25, 0.3) is 5.65 Å². The fraction of sp³-hybridized carbons (Fsp3) is 0.462. The van der Waals surface area contributed by atoms with E-state index in [0.29, 0.717) is 31.8 Å². The Hall–Kier alpha value is -1.15. The van der Waals surface area contributed by atoms with Crippen LogP contribution in [0, 0.1) is 0 Å². The van der Waals surface area contributed by atoms with E-state index in [1.165, 1.54) is 8.71 Å². The number of halogens is 1. The molecule has 2 aromatic rings. The molecule has 0 aliphatic carbocycles. The lowest BCUT2D eigenvalue weighted by Gasteiger charge is -2.33. The van der Waals surface area contributed by atoms with Crippen molar-refractivity contribution in [1.82, 2.24) is 13.7 Å². The van der Waals surface area contributed by atoms with Gasteiger partial charge in [-0.25, -0.2) is 13.4 Å². The summed E-state index contributed by atoms with van der Waals surface area (Å²) in [6.45, 7) is 3.07. The molecule has 8 heteroatoms. The zero-order chi connectivity index (χ0) is 15.0. The van der Waals surface area contributed by atoms with Gasteiger partial charge in [-0.15, -0.1) is 0 Å². The van der Waals surface area contributed by atoms with Crippen LogP contribution in [0.3, 0.4) is 0 Å². The van der Waals surface area contributed by atoms with Crippen molar-refractivity contribution in [1.29, 1.82) is 0 Å². The summed E-state index contributed by atoms with van der Waals surface area (Å²) in [6, 6.07) is 5.09. The van der Waals surface area contributed by atoms with Crippen LogP contribution < -0.4 is 0 Å². The Morgan fingerprint density at radius 2 is 2.29 bits per heavy atom. The molecule has 0 aromatic carbocycles. The van der Waals surface area contributed by atoms with Crippen LogP contribution >= 0.6 is 11.6 Å². The largest absolute Gasteiger partial charge is 0.378 e. The zero-order valence-electron chi connectivity index (χ0n) is 11.6. The van der Waals surface area contributed by atoms with Gasteiger partial charge < -0.3 is 4.74 Å². The van der Waals surface area contributed by atoms with E-state index in [0.717, 1.165) is 0 Å². The lowest BCUT2D eigenvalue weighted by atomic mass is 10.2. The quantitative estimate of drug-likeness (QED) is 0.861. The molecule has 1 aliphatic heterocycles. The molecule has 0 amide bonds. The third-order valence-electron chi connectivity index (χ3n) is 3.64. The Labute approximate surface area is 128 Å². The number of rotatable bonds is 3. The van der Waals surface area contributed by atoms with Gasteiger partial charge in [-0.05, 0) is 18.6 Å². The number of fused-ring (bicyclic) bond motifs is 1. The average Bonchev–Trinajstić information content (AvgIpc) is 2.83. The summed E-state index contributed by atoms with van der Waals surface area (Å²) in [5.74, 6) is 0. The summed E-state index contributed by atoms with van der Waals surface area (Å²) in [6.07, 6.45) is 2.34. The molecule has 114 valence electrons. The number of pyridine rings is 1. The summed E-state index contributed by atoms with van der Waals surface area (Å²) in [5, 5.41) is 0.0302. The van der Waals surface area contributed by atoms with Crippen molar-refractivity contribution in [2.75, 3.05) is 19.8 Å². The predicted octanol–water partition coefficient (Wildman–Crippen LogP) is 1.79. The maximum Gasteiger partial charge on any atom is 0.262 e. The number of hydrogen-bond acceptors (Lipinski definition) is 4. The fourth-order valence-corrected chi connectivity index (χ4v) is 4.84. The number of nitrogens with zero attached hydrogens (tertiary/aromatic N) is 3. The molecule has 0 bridgehead atoms. The highest BCUT2D eigenvalue weighted by Gasteiger charge is 2.36. The van der Waals surface area contributed by atoms with E-state index in [4.69, 9.17) is 16.3 Å². The highest BCUT2D eigenvalue weighted by molar-refractivity contribution is 7.89. The van der Waals surface area contributed by atoms with Crippen molar-refractivity contribution in [2.24, 2.45) is 0 Å². The van der Waals surface area contributed by atoms with Crippen LogP contribution in [-0.2, 0) is 14.8 Å². The molecular weight excluding hydrogens is 314 g/mol. The maximum absolute atomic E-state index is 13.0. The first-order chi connectivity index (χ1) is 10.1. The lowest BCUT2D eigenvalue weighted by Crippen LogP contribution is -2.48. The van der Waals surface area contributed by atoms with Crippen LogP contribution in [0.4, 0.5) is 0 Å². The second-order valence-corrected chi connectivity index (χ2v) is 7.05. The van der Waals surface area contributed by atoms with Gasteiger partial charge in [0.25, 0.3) is 10.0 Å². The summed E-state index contributed by atoms with van der Waals surface area (Å²) in [5.41, 5.74) is 0.516. The van der Waals surface area contributed by atoms with Gasteiger partial charge in [-0.3, -0.25) is 4.40 Å². The number of hydrogen-bond donors (Lipinski definition) is 0. The van der Waals surface area contributed by atoms with Gasteiger partial charge in [0.15, 0.2) is 10.2 Å². The number of morpholine rings is 1. The number of sulfonamides is 1. The minimum atomic E-state index is -3.72. The Bertz CT molecular complexity index is 759. The molecule has 0 radical (unpaired) electrons. The van der Waals surface area contributed by atoms with Crippen molar-refractivity contribution in [3.63, 3.8) is 0 Å². The Morgan fingerprint density at radius 3 is 3.05 bits per heavy atom. The van der Waals surface area contributed by atoms with Crippen molar-refractivity contribution in [2.45, 2.75) is 24.4 Å². The van der Waals surface area contributed by atoms with Crippen LogP contribution in [0.15, 0.2) is 29.4 Å². The fourth-order valence-electron chi connectivity index (χ4n) is 2.56. The second-order valence-electron chi connectivity index (χ2n) is 4.89. The molecular formula is C13H16ClN3O3S. The molecule has 3 rings (SSSR count). The smallest absolute Gasteiger partial charge is 0.262 e. The van der Waals surface area contributed by atoms with Crippen molar-refractivity contribution in [3.8, 4) is 0 Å². The Balaban J connectivity index is 2.14. The highest BCUT2D eigenvalue weighted by Crippen LogP contribution is 2.28. The first kappa shape index (κ1) is 14.8. The van der Waals surface area contributed by atoms with Crippen LogP contribution in [-0.4, -0.2) is 47.9 Å². The molecule has 3 heterocycles. The van der Waals surface area contributed by atoms with Crippen molar-refractivity contribution in [3.05, 3.63) is 29.5 Å². The van der Waals surface area contributed by atoms with E-state index in [9.17, 15) is 8.42 Å². The average molecular weight is 330 g/mol. The van der Waals surface area contributed by atoms with Crippen molar-refractivity contribution >= 4 is 27.3 Å².